The van der Waals surface area contributed by atoms with Gasteiger partial charge in [-0.25, -0.2) is 4.98 Å². The standard InChI is InChI=1S/C10H12BrClN2O/c1-10(15)2-3-14(6-10)9-8(12)4-7(11)5-13-9/h4-5,15H,2-3,6H2,1H3. The predicted octanol–water partition coefficient (Wildman–Crippen LogP) is 2.46. The first-order chi connectivity index (χ1) is 6.98. The number of pyridine rings is 1. The van der Waals surface area contributed by atoms with E-state index in [0.717, 1.165) is 23.3 Å². The molecule has 0 aromatic carbocycles. The summed E-state index contributed by atoms with van der Waals surface area (Å²) in [7, 11) is 0. The lowest BCUT2D eigenvalue weighted by Gasteiger charge is -2.20. The van der Waals surface area contributed by atoms with Gasteiger partial charge in [0.25, 0.3) is 0 Å². The SMILES string of the molecule is CC1(O)CCN(c2ncc(Br)cc2Cl)C1. The van der Waals surface area contributed by atoms with E-state index in [1.165, 1.54) is 0 Å². The van der Waals surface area contributed by atoms with E-state index in [1.807, 2.05) is 17.9 Å². The average Bonchev–Trinajstić information content (AvgIpc) is 2.46. The van der Waals surface area contributed by atoms with Crippen LogP contribution in [0.3, 0.4) is 0 Å². The molecular weight excluding hydrogens is 279 g/mol. The highest BCUT2D eigenvalue weighted by Gasteiger charge is 2.32. The third-order valence-corrected chi connectivity index (χ3v) is 3.25. The Balaban J connectivity index is 2.24. The fraction of sp³-hybridized carbons (Fsp3) is 0.500. The first kappa shape index (κ1) is 11.2. The van der Waals surface area contributed by atoms with Crippen LogP contribution >= 0.6 is 27.5 Å². The van der Waals surface area contributed by atoms with Crippen molar-refractivity contribution in [2.24, 2.45) is 0 Å². The van der Waals surface area contributed by atoms with Crippen LogP contribution in [0.4, 0.5) is 5.82 Å². The third kappa shape index (κ3) is 2.44. The van der Waals surface area contributed by atoms with E-state index >= 15 is 0 Å². The molecule has 82 valence electrons. The van der Waals surface area contributed by atoms with Crippen LogP contribution in [0, 0.1) is 0 Å². The number of aromatic nitrogens is 1. The van der Waals surface area contributed by atoms with Crippen LogP contribution in [0.2, 0.25) is 5.02 Å². The first-order valence-corrected chi connectivity index (χ1v) is 5.93. The Morgan fingerprint density at radius 1 is 1.67 bits per heavy atom. The number of hydrogen-bond acceptors (Lipinski definition) is 3. The van der Waals surface area contributed by atoms with Crippen LogP contribution in [-0.2, 0) is 0 Å². The van der Waals surface area contributed by atoms with Gasteiger partial charge in [0.15, 0.2) is 0 Å². The van der Waals surface area contributed by atoms with Gasteiger partial charge in [-0.1, -0.05) is 11.6 Å². The molecule has 0 saturated carbocycles. The van der Waals surface area contributed by atoms with Gasteiger partial charge < -0.3 is 10.0 Å². The summed E-state index contributed by atoms with van der Waals surface area (Å²) in [6.07, 6.45) is 2.47. The minimum Gasteiger partial charge on any atom is -0.388 e. The van der Waals surface area contributed by atoms with E-state index in [1.54, 1.807) is 6.20 Å². The molecule has 1 aliphatic heterocycles. The highest BCUT2D eigenvalue weighted by atomic mass is 79.9. The van der Waals surface area contributed by atoms with Crippen LogP contribution in [-0.4, -0.2) is 28.8 Å². The summed E-state index contributed by atoms with van der Waals surface area (Å²) in [6, 6.07) is 1.82. The second-order valence-electron chi connectivity index (χ2n) is 4.13. The van der Waals surface area contributed by atoms with Gasteiger partial charge in [-0.3, -0.25) is 0 Å². The lowest BCUT2D eigenvalue weighted by Crippen LogP contribution is -2.30. The summed E-state index contributed by atoms with van der Waals surface area (Å²) in [6.45, 7) is 3.21. The topological polar surface area (TPSA) is 36.4 Å². The largest absolute Gasteiger partial charge is 0.388 e. The van der Waals surface area contributed by atoms with Crippen molar-refractivity contribution in [3.8, 4) is 0 Å². The van der Waals surface area contributed by atoms with Gasteiger partial charge in [-0.2, -0.15) is 0 Å². The third-order valence-electron chi connectivity index (χ3n) is 2.54. The van der Waals surface area contributed by atoms with Gasteiger partial charge >= 0.3 is 0 Å². The van der Waals surface area contributed by atoms with Crippen molar-refractivity contribution in [2.75, 3.05) is 18.0 Å². The molecule has 15 heavy (non-hydrogen) atoms. The molecular formula is C10H12BrClN2O. The number of β-amino-alcohol motifs (C(OH)–C–C–N with tert-alkyl or cyclic N) is 1. The molecule has 1 aromatic rings. The van der Waals surface area contributed by atoms with Crippen LogP contribution < -0.4 is 4.90 Å². The minimum absolute atomic E-state index is 0.585. The molecule has 1 N–H and O–H groups in total. The molecule has 1 fully saturated rings. The molecule has 1 unspecified atom stereocenters. The number of hydrogen-bond donors (Lipinski definition) is 1. The number of rotatable bonds is 1. The Bertz CT molecular complexity index is 384. The van der Waals surface area contributed by atoms with Gasteiger partial charge in [-0.15, -0.1) is 0 Å². The molecule has 1 atom stereocenters. The molecule has 1 saturated heterocycles. The summed E-state index contributed by atoms with van der Waals surface area (Å²) >= 11 is 9.40. The van der Waals surface area contributed by atoms with Crippen molar-refractivity contribution in [2.45, 2.75) is 18.9 Å². The van der Waals surface area contributed by atoms with Gasteiger partial charge in [0.05, 0.1) is 10.6 Å². The van der Waals surface area contributed by atoms with Crippen LogP contribution in [0.5, 0.6) is 0 Å². The smallest absolute Gasteiger partial charge is 0.147 e. The molecule has 1 aliphatic rings. The molecule has 0 aliphatic carbocycles. The second-order valence-corrected chi connectivity index (χ2v) is 5.45. The van der Waals surface area contributed by atoms with Gasteiger partial charge in [0, 0.05) is 23.8 Å². The van der Waals surface area contributed by atoms with E-state index in [0.29, 0.717) is 11.6 Å². The predicted molar refractivity (Wildman–Crippen MR) is 64.4 cm³/mol. The van der Waals surface area contributed by atoms with Crippen molar-refractivity contribution in [3.63, 3.8) is 0 Å². The zero-order valence-electron chi connectivity index (χ0n) is 8.37. The van der Waals surface area contributed by atoms with Crippen molar-refractivity contribution >= 4 is 33.3 Å². The average molecular weight is 292 g/mol. The van der Waals surface area contributed by atoms with Crippen molar-refractivity contribution in [1.82, 2.24) is 4.98 Å². The maximum atomic E-state index is 9.85. The second kappa shape index (κ2) is 3.92. The lowest BCUT2D eigenvalue weighted by atomic mass is 10.1. The van der Waals surface area contributed by atoms with E-state index in [-0.39, 0.29) is 0 Å². The molecule has 0 bridgehead atoms. The highest BCUT2D eigenvalue weighted by molar-refractivity contribution is 9.10. The molecule has 2 rings (SSSR count). The van der Waals surface area contributed by atoms with E-state index < -0.39 is 5.60 Å². The molecule has 5 heteroatoms. The maximum Gasteiger partial charge on any atom is 0.147 e. The Hall–Kier alpha value is -0.320. The minimum atomic E-state index is -0.627. The number of halogens is 2. The number of anilines is 1. The molecule has 1 aromatic heterocycles. The zero-order valence-corrected chi connectivity index (χ0v) is 10.7. The van der Waals surface area contributed by atoms with Crippen LogP contribution in [0.25, 0.3) is 0 Å². The molecule has 0 radical (unpaired) electrons. The summed E-state index contributed by atoms with van der Waals surface area (Å²) in [5, 5.41) is 10.5. The Morgan fingerprint density at radius 3 is 2.93 bits per heavy atom. The highest BCUT2D eigenvalue weighted by Crippen LogP contribution is 2.31. The molecule has 0 amide bonds. The van der Waals surface area contributed by atoms with Crippen LogP contribution in [0.15, 0.2) is 16.7 Å². The quantitative estimate of drug-likeness (QED) is 0.863. The fourth-order valence-corrected chi connectivity index (χ4v) is 2.51. The van der Waals surface area contributed by atoms with Crippen molar-refractivity contribution < 1.29 is 5.11 Å². The Morgan fingerprint density at radius 2 is 2.40 bits per heavy atom. The van der Waals surface area contributed by atoms with Crippen LogP contribution in [0.1, 0.15) is 13.3 Å². The van der Waals surface area contributed by atoms with Gasteiger partial charge in [0.1, 0.15) is 5.82 Å². The maximum absolute atomic E-state index is 9.85. The summed E-state index contributed by atoms with van der Waals surface area (Å²) in [4.78, 5) is 6.27. The summed E-state index contributed by atoms with van der Waals surface area (Å²) in [5.41, 5.74) is -0.627. The molecule has 3 nitrogen and oxygen atoms in total. The van der Waals surface area contributed by atoms with Crippen molar-refractivity contribution in [1.29, 1.82) is 0 Å². The van der Waals surface area contributed by atoms with E-state index in [9.17, 15) is 5.11 Å². The van der Waals surface area contributed by atoms with Gasteiger partial charge in [-0.05, 0) is 35.3 Å². The zero-order chi connectivity index (χ0) is 11.1. The number of nitrogens with zero attached hydrogens (tertiary/aromatic N) is 2. The molecule has 2 heterocycles. The Labute approximate surface area is 102 Å². The van der Waals surface area contributed by atoms with E-state index in [4.69, 9.17) is 11.6 Å². The number of aliphatic hydroxyl groups is 1. The normalized spacial score (nSPS) is 26.0. The van der Waals surface area contributed by atoms with Crippen molar-refractivity contribution in [3.05, 3.63) is 21.8 Å². The lowest BCUT2D eigenvalue weighted by molar-refractivity contribution is 0.0839. The monoisotopic (exact) mass is 290 g/mol. The summed E-state index contributed by atoms with van der Waals surface area (Å²) < 4.78 is 0.863. The molecule has 0 spiro atoms. The fourth-order valence-electron chi connectivity index (χ4n) is 1.77. The van der Waals surface area contributed by atoms with Gasteiger partial charge in [0.2, 0.25) is 0 Å². The van der Waals surface area contributed by atoms with E-state index in [2.05, 4.69) is 20.9 Å². The Kier molecular flexibility index (Phi) is 2.92. The summed E-state index contributed by atoms with van der Waals surface area (Å²) in [5.74, 6) is 0.748. The first-order valence-electron chi connectivity index (χ1n) is 4.76.